The Morgan fingerprint density at radius 1 is 1.21 bits per heavy atom. The van der Waals surface area contributed by atoms with Crippen molar-refractivity contribution in [3.63, 3.8) is 0 Å². The molecule has 1 saturated carbocycles. The fourth-order valence-electron chi connectivity index (χ4n) is 2.51. The third-order valence-electron chi connectivity index (χ3n) is 3.51. The summed E-state index contributed by atoms with van der Waals surface area (Å²) in [4.78, 5) is 0. The number of rotatable bonds is 5. The van der Waals surface area contributed by atoms with E-state index in [1.165, 1.54) is 24.3 Å². The van der Waals surface area contributed by atoms with Crippen molar-refractivity contribution in [1.82, 2.24) is 4.72 Å². The van der Waals surface area contributed by atoms with Gasteiger partial charge in [-0.3, -0.25) is 0 Å². The number of sulfonamides is 1. The summed E-state index contributed by atoms with van der Waals surface area (Å²) in [6.07, 6.45) is 3.15. The summed E-state index contributed by atoms with van der Waals surface area (Å²) >= 11 is 0. The van der Waals surface area contributed by atoms with Crippen LogP contribution >= 0.6 is 0 Å². The van der Waals surface area contributed by atoms with Gasteiger partial charge in [-0.05, 0) is 30.5 Å². The van der Waals surface area contributed by atoms with E-state index in [4.69, 9.17) is 0 Å². The molecule has 1 aromatic rings. The summed E-state index contributed by atoms with van der Waals surface area (Å²) in [5.74, 6) is -0.591. The second kappa shape index (κ2) is 5.56. The van der Waals surface area contributed by atoms with Crippen molar-refractivity contribution in [3.05, 3.63) is 35.6 Å². The van der Waals surface area contributed by atoms with Gasteiger partial charge in [0, 0.05) is 0 Å². The Hall–Kier alpha value is -0.980. The summed E-state index contributed by atoms with van der Waals surface area (Å²) in [5.41, 5.74) is -0.182. The maximum absolute atomic E-state index is 12.8. The van der Waals surface area contributed by atoms with E-state index in [-0.39, 0.29) is 12.4 Å². The maximum Gasteiger partial charge on any atom is 0.216 e. The van der Waals surface area contributed by atoms with Crippen LogP contribution in [0.4, 0.5) is 4.39 Å². The van der Waals surface area contributed by atoms with Crippen LogP contribution in [0.1, 0.15) is 31.2 Å². The van der Waals surface area contributed by atoms with Gasteiger partial charge in [0.15, 0.2) is 0 Å². The lowest BCUT2D eigenvalue weighted by Crippen LogP contribution is -2.49. The van der Waals surface area contributed by atoms with Crippen molar-refractivity contribution in [2.75, 3.05) is 6.61 Å². The number of hydrogen-bond donors (Lipinski definition) is 2. The van der Waals surface area contributed by atoms with Crippen LogP contribution in [0.5, 0.6) is 0 Å². The van der Waals surface area contributed by atoms with Crippen LogP contribution in [0, 0.1) is 5.82 Å². The van der Waals surface area contributed by atoms with Gasteiger partial charge in [-0.15, -0.1) is 0 Å². The molecule has 2 N–H and O–H groups in total. The first-order valence-electron chi connectivity index (χ1n) is 6.32. The van der Waals surface area contributed by atoms with Gasteiger partial charge in [0.05, 0.1) is 17.9 Å². The largest absolute Gasteiger partial charge is 0.394 e. The monoisotopic (exact) mass is 287 g/mol. The Labute approximate surface area is 112 Å². The lowest BCUT2D eigenvalue weighted by atomic mass is 10.0. The van der Waals surface area contributed by atoms with E-state index >= 15 is 0 Å². The maximum atomic E-state index is 12.8. The predicted octanol–water partition coefficient (Wildman–Crippen LogP) is 1.55. The normalized spacial score (nSPS) is 18.6. The van der Waals surface area contributed by atoms with Crippen molar-refractivity contribution in [2.24, 2.45) is 0 Å². The van der Waals surface area contributed by atoms with Crippen LogP contribution in [0.25, 0.3) is 0 Å². The topological polar surface area (TPSA) is 66.4 Å². The predicted molar refractivity (Wildman–Crippen MR) is 70.4 cm³/mol. The zero-order valence-electron chi connectivity index (χ0n) is 10.6. The highest BCUT2D eigenvalue weighted by Crippen LogP contribution is 2.30. The van der Waals surface area contributed by atoms with Crippen LogP contribution < -0.4 is 4.72 Å². The van der Waals surface area contributed by atoms with Crippen molar-refractivity contribution >= 4 is 10.0 Å². The third-order valence-corrected chi connectivity index (χ3v) is 4.96. The molecule has 0 heterocycles. The van der Waals surface area contributed by atoms with E-state index in [1.54, 1.807) is 0 Å². The number of hydrogen-bond acceptors (Lipinski definition) is 3. The van der Waals surface area contributed by atoms with Crippen LogP contribution in [0.2, 0.25) is 0 Å². The smallest absolute Gasteiger partial charge is 0.216 e. The number of aliphatic hydroxyl groups excluding tert-OH is 1. The Kier molecular flexibility index (Phi) is 4.23. The molecule has 106 valence electrons. The first-order chi connectivity index (χ1) is 8.95. The summed E-state index contributed by atoms with van der Waals surface area (Å²) in [6.45, 7) is -0.185. The van der Waals surface area contributed by atoms with Crippen molar-refractivity contribution in [2.45, 2.75) is 37.0 Å². The van der Waals surface area contributed by atoms with E-state index in [0.29, 0.717) is 18.4 Å². The fraction of sp³-hybridized carbons (Fsp3) is 0.538. The Balaban J connectivity index is 2.08. The molecule has 6 heteroatoms. The lowest BCUT2D eigenvalue weighted by molar-refractivity contribution is 0.185. The van der Waals surface area contributed by atoms with Gasteiger partial charge in [-0.1, -0.05) is 25.0 Å². The van der Waals surface area contributed by atoms with Crippen molar-refractivity contribution < 1.29 is 17.9 Å². The molecule has 1 aromatic carbocycles. The molecule has 0 unspecified atom stereocenters. The van der Waals surface area contributed by atoms with Crippen LogP contribution in [-0.4, -0.2) is 25.7 Å². The average Bonchev–Trinajstić information content (AvgIpc) is 2.80. The lowest BCUT2D eigenvalue weighted by Gasteiger charge is -2.27. The summed E-state index contributed by atoms with van der Waals surface area (Å²) < 4.78 is 39.6. The van der Waals surface area contributed by atoms with E-state index in [9.17, 15) is 17.9 Å². The number of benzene rings is 1. The highest BCUT2D eigenvalue weighted by Gasteiger charge is 2.36. The zero-order chi connectivity index (χ0) is 13.9. The summed E-state index contributed by atoms with van der Waals surface area (Å²) in [7, 11) is -3.53. The number of aliphatic hydroxyl groups is 1. The molecule has 0 amide bonds. The van der Waals surface area contributed by atoms with Gasteiger partial charge in [-0.2, -0.15) is 0 Å². The molecule has 0 aliphatic heterocycles. The highest BCUT2D eigenvalue weighted by molar-refractivity contribution is 7.88. The van der Waals surface area contributed by atoms with Gasteiger partial charge in [-0.25, -0.2) is 17.5 Å². The molecular formula is C13H18FNO3S. The first-order valence-corrected chi connectivity index (χ1v) is 7.97. The van der Waals surface area contributed by atoms with Crippen LogP contribution in [-0.2, 0) is 15.8 Å². The SMILES string of the molecule is O=S(=O)(Cc1ccc(F)cc1)NC1(CO)CCCC1. The Morgan fingerprint density at radius 2 is 1.79 bits per heavy atom. The summed E-state index contributed by atoms with van der Waals surface area (Å²) in [6, 6.07) is 5.38. The van der Waals surface area contributed by atoms with Crippen LogP contribution in [0.15, 0.2) is 24.3 Å². The van der Waals surface area contributed by atoms with E-state index < -0.39 is 21.4 Å². The third kappa shape index (κ3) is 3.75. The van der Waals surface area contributed by atoms with Gasteiger partial charge in [0.25, 0.3) is 0 Å². The first kappa shape index (κ1) is 14.4. The van der Waals surface area contributed by atoms with Crippen LogP contribution in [0.3, 0.4) is 0 Å². The van der Waals surface area contributed by atoms with E-state index in [2.05, 4.69) is 4.72 Å². The molecule has 4 nitrogen and oxygen atoms in total. The molecular weight excluding hydrogens is 269 g/mol. The highest BCUT2D eigenvalue weighted by atomic mass is 32.2. The van der Waals surface area contributed by atoms with E-state index in [0.717, 1.165) is 12.8 Å². The van der Waals surface area contributed by atoms with Gasteiger partial charge in [0.1, 0.15) is 5.82 Å². The minimum atomic E-state index is -3.53. The molecule has 1 fully saturated rings. The molecule has 0 spiro atoms. The molecule has 0 bridgehead atoms. The van der Waals surface area contributed by atoms with Gasteiger partial charge >= 0.3 is 0 Å². The van der Waals surface area contributed by atoms with E-state index in [1.807, 2.05) is 0 Å². The second-order valence-electron chi connectivity index (χ2n) is 5.13. The molecule has 0 radical (unpaired) electrons. The standard InChI is InChI=1S/C13H18FNO3S/c14-12-5-3-11(4-6-12)9-19(17,18)15-13(10-16)7-1-2-8-13/h3-6,15-16H,1-2,7-10H2. The minimum absolute atomic E-state index is 0.185. The molecule has 2 rings (SSSR count). The molecule has 0 atom stereocenters. The molecule has 1 aliphatic rings. The molecule has 19 heavy (non-hydrogen) atoms. The Bertz CT molecular complexity index is 521. The molecule has 0 saturated heterocycles. The molecule has 0 aromatic heterocycles. The van der Waals surface area contributed by atoms with Gasteiger partial charge in [0.2, 0.25) is 10.0 Å². The van der Waals surface area contributed by atoms with Crippen molar-refractivity contribution in [3.8, 4) is 0 Å². The zero-order valence-corrected chi connectivity index (χ0v) is 11.4. The fourth-order valence-corrected chi connectivity index (χ4v) is 4.14. The second-order valence-corrected chi connectivity index (χ2v) is 6.86. The molecule has 1 aliphatic carbocycles. The quantitative estimate of drug-likeness (QED) is 0.863. The number of nitrogens with one attached hydrogen (secondary N) is 1. The Morgan fingerprint density at radius 3 is 2.32 bits per heavy atom. The number of halogens is 1. The van der Waals surface area contributed by atoms with Crippen molar-refractivity contribution in [1.29, 1.82) is 0 Å². The van der Waals surface area contributed by atoms with Gasteiger partial charge < -0.3 is 5.11 Å². The summed E-state index contributed by atoms with van der Waals surface area (Å²) in [5, 5.41) is 9.41. The average molecular weight is 287 g/mol. The minimum Gasteiger partial charge on any atom is -0.394 e.